The number of carbonyl (C=O) groups excluding carboxylic acids is 2. The van der Waals surface area contributed by atoms with Gasteiger partial charge >= 0.3 is 11.9 Å². The Bertz CT molecular complexity index is 896. The van der Waals surface area contributed by atoms with Crippen LogP contribution in [0.15, 0.2) is 40.8 Å². The van der Waals surface area contributed by atoms with Crippen molar-refractivity contribution in [2.75, 3.05) is 19.5 Å². The Morgan fingerprint density at radius 3 is 2.50 bits per heavy atom. The molecule has 7 nitrogen and oxygen atoms in total. The van der Waals surface area contributed by atoms with Crippen LogP contribution in [-0.2, 0) is 26.1 Å². The topological polar surface area (TPSA) is 86.6 Å². The first-order chi connectivity index (χ1) is 11.4. The van der Waals surface area contributed by atoms with E-state index in [4.69, 9.17) is 0 Å². The predicted octanol–water partition coefficient (Wildman–Crippen LogP) is 1.49. The van der Waals surface area contributed by atoms with Gasteiger partial charge < -0.3 is 19.4 Å². The normalized spacial score (nSPS) is 11.2. The molecule has 0 spiro atoms. The van der Waals surface area contributed by atoms with Gasteiger partial charge in [-0.2, -0.15) is 0 Å². The molecule has 0 saturated carbocycles. The molecule has 0 atom stereocenters. The second-order valence-electron chi connectivity index (χ2n) is 5.16. The lowest BCUT2D eigenvalue weighted by atomic mass is 10.1. The first-order valence-corrected chi connectivity index (χ1v) is 7.12. The molecule has 0 saturated heterocycles. The maximum atomic E-state index is 12.0. The third-order valence-corrected chi connectivity index (χ3v) is 3.55. The quantitative estimate of drug-likeness (QED) is 0.675. The third-order valence-electron chi connectivity index (χ3n) is 3.55. The molecular formula is C17H18N2O5. The van der Waals surface area contributed by atoms with E-state index in [1.54, 1.807) is 42.8 Å². The molecule has 24 heavy (non-hydrogen) atoms. The largest absolute Gasteiger partial charge is 0.466 e. The lowest BCUT2D eigenvalue weighted by molar-refractivity contribution is -0.138. The Kier molecular flexibility index (Phi) is 5.03. The van der Waals surface area contributed by atoms with Gasteiger partial charge in [0.25, 0.3) is 5.56 Å². The zero-order valence-corrected chi connectivity index (χ0v) is 13.9. The van der Waals surface area contributed by atoms with E-state index in [2.05, 4.69) is 14.8 Å². The van der Waals surface area contributed by atoms with E-state index in [9.17, 15) is 14.4 Å². The molecule has 7 heteroatoms. The van der Waals surface area contributed by atoms with Crippen molar-refractivity contribution < 1.29 is 19.1 Å². The monoisotopic (exact) mass is 330 g/mol. The number of carbonyl (C=O) groups is 2. The van der Waals surface area contributed by atoms with E-state index in [1.807, 2.05) is 0 Å². The number of methoxy groups -OCH3 is 2. The lowest BCUT2D eigenvalue weighted by Crippen LogP contribution is -2.19. The highest BCUT2D eigenvalue weighted by Gasteiger charge is 2.13. The molecule has 0 amide bonds. The maximum Gasteiger partial charge on any atom is 0.354 e. The summed E-state index contributed by atoms with van der Waals surface area (Å²) in [5.74, 6) is -1.38. The van der Waals surface area contributed by atoms with Crippen LogP contribution in [-0.4, -0.2) is 30.7 Å². The Morgan fingerprint density at radius 1 is 1.17 bits per heavy atom. The number of fused-ring (bicyclic) bond motifs is 1. The minimum Gasteiger partial charge on any atom is -0.466 e. The molecule has 126 valence electrons. The van der Waals surface area contributed by atoms with Crippen LogP contribution in [0.25, 0.3) is 10.9 Å². The number of ether oxygens (including phenoxy) is 2. The van der Waals surface area contributed by atoms with Gasteiger partial charge in [-0.1, -0.05) is 0 Å². The standard InChI is InChI=1S/C17H18N2O5/c1-10-7-11-8-12(5-6-14(11)19(2)16(10)21)18-13(17(22)24-4)9-15(20)23-3/h5-9,18H,1-4H3/b13-9+. The van der Waals surface area contributed by atoms with Crippen molar-refractivity contribution >= 4 is 28.5 Å². The number of nitrogens with one attached hydrogen (secondary N) is 1. The van der Waals surface area contributed by atoms with Crippen LogP contribution in [0.4, 0.5) is 5.69 Å². The molecule has 0 unspecified atom stereocenters. The minimum absolute atomic E-state index is 0.0507. The molecule has 0 fully saturated rings. The van der Waals surface area contributed by atoms with Gasteiger partial charge in [0.05, 0.1) is 25.8 Å². The van der Waals surface area contributed by atoms with Crippen molar-refractivity contribution in [1.82, 2.24) is 4.57 Å². The summed E-state index contributed by atoms with van der Waals surface area (Å²) in [6, 6.07) is 7.00. The molecule has 1 N–H and O–H groups in total. The van der Waals surface area contributed by atoms with Gasteiger partial charge in [-0.3, -0.25) is 4.79 Å². The Balaban J connectivity index is 2.46. The van der Waals surface area contributed by atoms with Gasteiger partial charge in [0.15, 0.2) is 0 Å². The first-order valence-electron chi connectivity index (χ1n) is 7.12. The van der Waals surface area contributed by atoms with Gasteiger partial charge in [0.1, 0.15) is 5.70 Å². The summed E-state index contributed by atoms with van der Waals surface area (Å²) < 4.78 is 10.7. The summed E-state index contributed by atoms with van der Waals surface area (Å²) >= 11 is 0. The fourth-order valence-corrected chi connectivity index (χ4v) is 2.31. The number of rotatable bonds is 4. The summed E-state index contributed by atoms with van der Waals surface area (Å²) in [5.41, 5.74) is 1.82. The molecule has 2 aromatic rings. The number of hydrogen-bond donors (Lipinski definition) is 1. The molecule has 1 aromatic carbocycles. The SMILES string of the molecule is COC(=O)/C=C(/Nc1ccc2c(c1)cc(C)c(=O)n2C)C(=O)OC. The van der Waals surface area contributed by atoms with E-state index in [1.165, 1.54) is 14.2 Å². The molecule has 1 heterocycles. The van der Waals surface area contributed by atoms with Gasteiger partial charge in [-0.05, 0) is 31.2 Å². The fourth-order valence-electron chi connectivity index (χ4n) is 2.31. The van der Waals surface area contributed by atoms with Crippen molar-refractivity contribution in [2.24, 2.45) is 7.05 Å². The smallest absolute Gasteiger partial charge is 0.354 e. The Labute approximate surface area is 138 Å². The number of aromatic nitrogens is 1. The van der Waals surface area contributed by atoms with E-state index >= 15 is 0 Å². The number of pyridine rings is 1. The lowest BCUT2D eigenvalue weighted by Gasteiger charge is -2.11. The zero-order chi connectivity index (χ0) is 17.9. The summed E-state index contributed by atoms with van der Waals surface area (Å²) in [6.07, 6.45) is 1.02. The average molecular weight is 330 g/mol. The van der Waals surface area contributed by atoms with Crippen molar-refractivity contribution in [2.45, 2.75) is 6.92 Å². The summed E-state index contributed by atoms with van der Waals surface area (Å²) in [6.45, 7) is 1.74. The van der Waals surface area contributed by atoms with Crippen LogP contribution in [0.2, 0.25) is 0 Å². The van der Waals surface area contributed by atoms with E-state index in [0.717, 1.165) is 17.0 Å². The first kappa shape index (κ1) is 17.3. The van der Waals surface area contributed by atoms with Gasteiger partial charge in [-0.15, -0.1) is 0 Å². The number of esters is 2. The highest BCUT2D eigenvalue weighted by Crippen LogP contribution is 2.20. The molecule has 0 aliphatic carbocycles. The van der Waals surface area contributed by atoms with E-state index < -0.39 is 11.9 Å². The number of anilines is 1. The summed E-state index contributed by atoms with van der Waals surface area (Å²) in [4.78, 5) is 35.1. The van der Waals surface area contributed by atoms with Crippen molar-refractivity contribution in [3.63, 3.8) is 0 Å². The number of hydrogen-bond acceptors (Lipinski definition) is 6. The van der Waals surface area contributed by atoms with Crippen LogP contribution in [0.1, 0.15) is 5.56 Å². The Morgan fingerprint density at radius 2 is 1.88 bits per heavy atom. The van der Waals surface area contributed by atoms with Crippen LogP contribution < -0.4 is 10.9 Å². The second-order valence-corrected chi connectivity index (χ2v) is 5.16. The highest BCUT2D eigenvalue weighted by atomic mass is 16.5. The highest BCUT2D eigenvalue weighted by molar-refractivity contribution is 5.99. The van der Waals surface area contributed by atoms with Crippen LogP contribution in [0.5, 0.6) is 0 Å². The summed E-state index contributed by atoms with van der Waals surface area (Å²) in [7, 11) is 4.13. The minimum atomic E-state index is -0.697. The third kappa shape index (κ3) is 3.45. The van der Waals surface area contributed by atoms with Crippen molar-refractivity contribution in [3.05, 3.63) is 52.0 Å². The molecule has 1 aromatic heterocycles. The molecule has 0 radical (unpaired) electrons. The zero-order valence-electron chi connectivity index (χ0n) is 13.9. The van der Waals surface area contributed by atoms with Crippen LogP contribution >= 0.6 is 0 Å². The fraction of sp³-hybridized carbons (Fsp3) is 0.235. The predicted molar refractivity (Wildman–Crippen MR) is 89.7 cm³/mol. The van der Waals surface area contributed by atoms with E-state index in [0.29, 0.717) is 11.3 Å². The van der Waals surface area contributed by atoms with E-state index in [-0.39, 0.29) is 11.3 Å². The van der Waals surface area contributed by atoms with Gasteiger partial charge in [-0.25, -0.2) is 9.59 Å². The number of aryl methyl sites for hydroxylation is 2. The maximum absolute atomic E-state index is 12.0. The van der Waals surface area contributed by atoms with Crippen molar-refractivity contribution in [1.29, 1.82) is 0 Å². The molecular weight excluding hydrogens is 312 g/mol. The molecule has 0 bridgehead atoms. The van der Waals surface area contributed by atoms with Crippen LogP contribution in [0.3, 0.4) is 0 Å². The van der Waals surface area contributed by atoms with Gasteiger partial charge in [0.2, 0.25) is 0 Å². The Hall–Kier alpha value is -3.09. The molecule has 0 aliphatic heterocycles. The number of benzene rings is 1. The average Bonchev–Trinajstić information content (AvgIpc) is 2.58. The molecule has 0 aliphatic rings. The van der Waals surface area contributed by atoms with Crippen LogP contribution in [0, 0.1) is 6.92 Å². The second kappa shape index (κ2) is 6.99. The number of nitrogens with zero attached hydrogens (tertiary/aromatic N) is 1. The molecule has 2 rings (SSSR count). The van der Waals surface area contributed by atoms with Gasteiger partial charge in [0, 0.05) is 23.7 Å². The van der Waals surface area contributed by atoms with Crippen molar-refractivity contribution in [3.8, 4) is 0 Å². The summed E-state index contributed by atoms with van der Waals surface area (Å²) in [5, 5.41) is 3.66.